The number of rotatable bonds is 3. The summed E-state index contributed by atoms with van der Waals surface area (Å²) in [6.45, 7) is 6.58. The van der Waals surface area contributed by atoms with Crippen molar-refractivity contribution in [3.63, 3.8) is 0 Å². The predicted molar refractivity (Wildman–Crippen MR) is 87.5 cm³/mol. The third-order valence-corrected chi connectivity index (χ3v) is 4.26. The maximum Gasteiger partial charge on any atom is 0.124 e. The molecule has 0 amide bonds. The third kappa shape index (κ3) is 2.44. The lowest BCUT2D eigenvalue weighted by Gasteiger charge is -2.18. The average molecular weight is 276 g/mol. The van der Waals surface area contributed by atoms with Crippen LogP contribution in [0.15, 0.2) is 48.5 Å². The van der Waals surface area contributed by atoms with Gasteiger partial charge < -0.3 is 4.79 Å². The fourth-order valence-corrected chi connectivity index (χ4v) is 3.07. The van der Waals surface area contributed by atoms with Crippen molar-refractivity contribution in [2.45, 2.75) is 32.6 Å². The molecule has 0 saturated carbocycles. The van der Waals surface area contributed by atoms with Crippen molar-refractivity contribution in [1.29, 1.82) is 0 Å². The van der Waals surface area contributed by atoms with Gasteiger partial charge in [0.2, 0.25) is 0 Å². The molecule has 0 aliphatic heterocycles. The highest BCUT2D eigenvalue weighted by Gasteiger charge is 2.30. The summed E-state index contributed by atoms with van der Waals surface area (Å²) >= 11 is 0. The van der Waals surface area contributed by atoms with E-state index in [0.29, 0.717) is 6.42 Å². The minimum Gasteiger partial charge on any atom is -0.303 e. The quantitative estimate of drug-likeness (QED) is 0.756. The molecular formula is C20H20O. The number of aryl methyl sites for hydroxylation is 1. The SMILES string of the molecule is Cc1ccc(C2=CC(C)(C)c3cc(CC=O)ccc32)cc1. The van der Waals surface area contributed by atoms with Crippen LogP contribution in [0.3, 0.4) is 0 Å². The summed E-state index contributed by atoms with van der Waals surface area (Å²) < 4.78 is 0. The molecule has 0 unspecified atom stereocenters. The Kier molecular flexibility index (Phi) is 3.29. The Bertz CT molecular complexity index is 718. The van der Waals surface area contributed by atoms with Crippen LogP contribution < -0.4 is 0 Å². The molecular weight excluding hydrogens is 256 g/mol. The standard InChI is InChI=1S/C20H20O/c1-14-4-7-16(8-5-14)18-13-20(2,3)19-12-15(10-11-21)6-9-17(18)19/h4-9,11-13H,10H2,1-3H3. The van der Waals surface area contributed by atoms with Crippen molar-refractivity contribution in [3.8, 4) is 0 Å². The molecule has 1 aliphatic rings. The number of carbonyl (C=O) groups is 1. The number of carbonyl (C=O) groups excluding carboxylic acids is 1. The Labute approximate surface area is 126 Å². The van der Waals surface area contributed by atoms with Crippen molar-refractivity contribution in [1.82, 2.24) is 0 Å². The summed E-state index contributed by atoms with van der Waals surface area (Å²) in [7, 11) is 0. The number of aldehydes is 1. The first-order valence-corrected chi connectivity index (χ1v) is 7.38. The van der Waals surface area contributed by atoms with Gasteiger partial charge in [-0.2, -0.15) is 0 Å². The van der Waals surface area contributed by atoms with Gasteiger partial charge in [0.25, 0.3) is 0 Å². The Morgan fingerprint density at radius 3 is 2.43 bits per heavy atom. The Balaban J connectivity index is 2.10. The maximum atomic E-state index is 10.7. The van der Waals surface area contributed by atoms with Gasteiger partial charge in [0.05, 0.1) is 0 Å². The van der Waals surface area contributed by atoms with E-state index in [1.807, 2.05) is 0 Å². The van der Waals surface area contributed by atoms with E-state index in [0.717, 1.165) is 11.8 Å². The molecule has 2 aromatic rings. The summed E-state index contributed by atoms with van der Waals surface area (Å²) in [5, 5.41) is 0. The molecule has 3 rings (SSSR count). The lowest BCUT2D eigenvalue weighted by Crippen LogP contribution is -2.11. The van der Waals surface area contributed by atoms with E-state index in [9.17, 15) is 4.79 Å². The van der Waals surface area contributed by atoms with Crippen LogP contribution in [0.4, 0.5) is 0 Å². The highest BCUT2D eigenvalue weighted by atomic mass is 16.1. The van der Waals surface area contributed by atoms with Gasteiger partial charge in [-0.15, -0.1) is 0 Å². The van der Waals surface area contributed by atoms with Gasteiger partial charge in [-0.05, 0) is 34.8 Å². The number of allylic oxidation sites excluding steroid dienone is 1. The number of hydrogen-bond donors (Lipinski definition) is 0. The van der Waals surface area contributed by atoms with E-state index in [1.54, 1.807) is 0 Å². The zero-order valence-electron chi connectivity index (χ0n) is 12.8. The Hall–Kier alpha value is -2.15. The lowest BCUT2D eigenvalue weighted by atomic mass is 9.86. The molecule has 0 aromatic heterocycles. The summed E-state index contributed by atoms with van der Waals surface area (Å²) in [5.41, 5.74) is 7.54. The normalized spacial score (nSPS) is 15.5. The smallest absolute Gasteiger partial charge is 0.124 e. The van der Waals surface area contributed by atoms with Gasteiger partial charge in [-0.25, -0.2) is 0 Å². The van der Waals surface area contributed by atoms with E-state index in [4.69, 9.17) is 0 Å². The molecule has 0 spiro atoms. The average Bonchev–Trinajstić information content (AvgIpc) is 2.72. The second kappa shape index (κ2) is 5.00. The fraction of sp³-hybridized carbons (Fsp3) is 0.250. The molecule has 0 bridgehead atoms. The Morgan fingerprint density at radius 2 is 1.76 bits per heavy atom. The lowest BCUT2D eigenvalue weighted by molar-refractivity contribution is -0.107. The minimum absolute atomic E-state index is 0.00838. The van der Waals surface area contributed by atoms with E-state index >= 15 is 0 Å². The molecule has 0 radical (unpaired) electrons. The highest BCUT2D eigenvalue weighted by molar-refractivity contribution is 5.87. The second-order valence-corrected chi connectivity index (χ2v) is 6.40. The van der Waals surface area contributed by atoms with Crippen LogP contribution in [0, 0.1) is 6.92 Å². The molecule has 1 nitrogen and oxygen atoms in total. The summed E-state index contributed by atoms with van der Waals surface area (Å²) in [5.74, 6) is 0. The van der Waals surface area contributed by atoms with Crippen molar-refractivity contribution in [2.75, 3.05) is 0 Å². The minimum atomic E-state index is 0.00838. The molecule has 0 saturated heterocycles. The second-order valence-electron chi connectivity index (χ2n) is 6.40. The molecule has 0 heterocycles. The molecule has 0 atom stereocenters. The summed E-state index contributed by atoms with van der Waals surface area (Å²) in [4.78, 5) is 10.7. The molecule has 0 fully saturated rings. The van der Waals surface area contributed by atoms with Gasteiger partial charge in [-0.1, -0.05) is 68.0 Å². The van der Waals surface area contributed by atoms with E-state index in [-0.39, 0.29) is 5.41 Å². The van der Waals surface area contributed by atoms with Gasteiger partial charge in [0, 0.05) is 11.8 Å². The largest absolute Gasteiger partial charge is 0.303 e. The van der Waals surface area contributed by atoms with Crippen LogP contribution in [-0.4, -0.2) is 6.29 Å². The first-order chi connectivity index (χ1) is 10.0. The first-order valence-electron chi connectivity index (χ1n) is 7.38. The van der Waals surface area contributed by atoms with E-state index in [1.165, 1.54) is 27.8 Å². The van der Waals surface area contributed by atoms with Crippen molar-refractivity contribution < 1.29 is 4.79 Å². The zero-order valence-corrected chi connectivity index (χ0v) is 12.8. The molecule has 21 heavy (non-hydrogen) atoms. The first kappa shape index (κ1) is 13.8. The van der Waals surface area contributed by atoms with E-state index in [2.05, 4.69) is 69.3 Å². The molecule has 0 N–H and O–H groups in total. The van der Waals surface area contributed by atoms with Crippen LogP contribution in [0.2, 0.25) is 0 Å². The van der Waals surface area contributed by atoms with Crippen LogP contribution in [0.5, 0.6) is 0 Å². The van der Waals surface area contributed by atoms with Crippen LogP contribution in [-0.2, 0) is 16.6 Å². The Morgan fingerprint density at radius 1 is 1.05 bits per heavy atom. The third-order valence-electron chi connectivity index (χ3n) is 4.26. The molecule has 106 valence electrons. The van der Waals surface area contributed by atoms with Crippen molar-refractivity contribution >= 4 is 11.9 Å². The molecule has 1 aliphatic carbocycles. The van der Waals surface area contributed by atoms with Gasteiger partial charge in [-0.3, -0.25) is 0 Å². The van der Waals surface area contributed by atoms with Crippen molar-refractivity contribution in [2.24, 2.45) is 0 Å². The predicted octanol–water partition coefficient (Wildman–Crippen LogP) is 4.46. The van der Waals surface area contributed by atoms with Crippen LogP contribution in [0.25, 0.3) is 5.57 Å². The molecule has 2 aromatic carbocycles. The van der Waals surface area contributed by atoms with Crippen LogP contribution >= 0.6 is 0 Å². The van der Waals surface area contributed by atoms with Gasteiger partial charge >= 0.3 is 0 Å². The summed E-state index contributed by atoms with van der Waals surface area (Å²) in [6.07, 6.45) is 3.80. The number of hydrogen-bond acceptors (Lipinski definition) is 1. The maximum absolute atomic E-state index is 10.7. The van der Waals surface area contributed by atoms with Crippen molar-refractivity contribution in [3.05, 3.63) is 76.4 Å². The van der Waals surface area contributed by atoms with Gasteiger partial charge in [0.1, 0.15) is 6.29 Å². The van der Waals surface area contributed by atoms with Gasteiger partial charge in [0.15, 0.2) is 0 Å². The zero-order chi connectivity index (χ0) is 15.0. The fourth-order valence-electron chi connectivity index (χ4n) is 3.07. The highest BCUT2D eigenvalue weighted by Crippen LogP contribution is 2.43. The van der Waals surface area contributed by atoms with Crippen LogP contribution in [0.1, 0.15) is 41.7 Å². The number of fused-ring (bicyclic) bond motifs is 1. The topological polar surface area (TPSA) is 17.1 Å². The summed E-state index contributed by atoms with van der Waals surface area (Å²) in [6, 6.07) is 15.1. The molecule has 1 heteroatoms. The monoisotopic (exact) mass is 276 g/mol. The van der Waals surface area contributed by atoms with E-state index < -0.39 is 0 Å². The number of benzene rings is 2.